The first-order valence-corrected chi connectivity index (χ1v) is 6.95. The van der Waals surface area contributed by atoms with Crippen molar-refractivity contribution in [3.05, 3.63) is 78.0 Å². The van der Waals surface area contributed by atoms with Gasteiger partial charge in [-0.05, 0) is 18.2 Å². The summed E-state index contributed by atoms with van der Waals surface area (Å²) < 4.78 is 1.83. The fourth-order valence-electron chi connectivity index (χ4n) is 2.43. The molecule has 0 aliphatic rings. The van der Waals surface area contributed by atoms with Crippen molar-refractivity contribution in [3.8, 4) is 0 Å². The smallest absolute Gasteiger partial charge is 0.248 e. The van der Waals surface area contributed by atoms with Gasteiger partial charge in [-0.15, -0.1) is 0 Å². The van der Waals surface area contributed by atoms with E-state index in [1.54, 1.807) is 24.3 Å². The number of hydrogen-bond donors (Lipinski definition) is 1. The van der Waals surface area contributed by atoms with Crippen LogP contribution in [0.1, 0.15) is 20.7 Å². The number of aromatic nitrogens is 1. The number of Topliss-reactive ketones (excluding diaryl/α,β-unsaturated/α-hetero) is 1. The fraction of sp³-hybridized carbons (Fsp3) is 0.0556. The van der Waals surface area contributed by atoms with Gasteiger partial charge < -0.3 is 5.73 Å². The molecule has 0 aliphatic carbocycles. The first-order chi connectivity index (χ1) is 10.6. The minimum Gasteiger partial charge on any atom is -0.366 e. The van der Waals surface area contributed by atoms with Gasteiger partial charge in [0.2, 0.25) is 23.8 Å². The minimum absolute atomic E-state index is 0.0163. The molecule has 1 aromatic heterocycles. The van der Waals surface area contributed by atoms with Crippen molar-refractivity contribution in [1.29, 1.82) is 0 Å². The summed E-state index contributed by atoms with van der Waals surface area (Å²) in [6.45, 7) is 0.212. The second-order valence-corrected chi connectivity index (χ2v) is 5.06. The maximum atomic E-state index is 12.4. The molecule has 1 heterocycles. The number of ketones is 1. The third-order valence-electron chi connectivity index (χ3n) is 3.58. The molecule has 3 aromatic rings. The molecule has 0 saturated carbocycles. The highest BCUT2D eigenvalue weighted by Crippen LogP contribution is 2.12. The predicted molar refractivity (Wildman–Crippen MR) is 83.4 cm³/mol. The van der Waals surface area contributed by atoms with Gasteiger partial charge >= 0.3 is 0 Å². The molecule has 2 N–H and O–H groups in total. The Balaban J connectivity index is 2.01. The van der Waals surface area contributed by atoms with Crippen molar-refractivity contribution in [3.63, 3.8) is 0 Å². The van der Waals surface area contributed by atoms with Crippen LogP contribution in [-0.2, 0) is 6.54 Å². The molecule has 0 radical (unpaired) electrons. The van der Waals surface area contributed by atoms with Crippen LogP contribution in [0.15, 0.2) is 66.9 Å². The number of nitrogens with zero attached hydrogens (tertiary/aromatic N) is 1. The number of carbonyl (C=O) groups excluding carboxylic acids is 2. The summed E-state index contributed by atoms with van der Waals surface area (Å²) in [6, 6.07) is 18.2. The normalized spacial score (nSPS) is 10.5. The van der Waals surface area contributed by atoms with Gasteiger partial charge in [-0.2, -0.15) is 4.57 Å². The molecular formula is C18H15N2O2+. The van der Waals surface area contributed by atoms with Gasteiger partial charge in [0.05, 0.1) is 0 Å². The lowest BCUT2D eigenvalue weighted by Gasteiger charge is -2.03. The van der Waals surface area contributed by atoms with Crippen LogP contribution < -0.4 is 10.3 Å². The van der Waals surface area contributed by atoms with E-state index in [1.165, 1.54) is 0 Å². The number of fused-ring (bicyclic) bond motifs is 1. The summed E-state index contributed by atoms with van der Waals surface area (Å²) in [5.74, 6) is -0.464. The third-order valence-corrected chi connectivity index (χ3v) is 3.58. The van der Waals surface area contributed by atoms with Gasteiger partial charge in [0.15, 0.2) is 6.20 Å². The van der Waals surface area contributed by atoms with E-state index in [1.807, 2.05) is 47.2 Å². The maximum Gasteiger partial charge on any atom is 0.248 e. The lowest BCUT2D eigenvalue weighted by atomic mass is 10.1. The van der Waals surface area contributed by atoms with E-state index in [9.17, 15) is 9.59 Å². The second-order valence-electron chi connectivity index (χ2n) is 5.06. The molecule has 0 unspecified atom stereocenters. The summed E-state index contributed by atoms with van der Waals surface area (Å²) >= 11 is 0. The van der Waals surface area contributed by atoms with E-state index < -0.39 is 5.91 Å². The molecule has 0 atom stereocenters. The first-order valence-electron chi connectivity index (χ1n) is 6.95. The molecular weight excluding hydrogens is 276 g/mol. The third kappa shape index (κ3) is 2.72. The molecule has 0 bridgehead atoms. The Kier molecular flexibility index (Phi) is 3.66. The van der Waals surface area contributed by atoms with Crippen LogP contribution >= 0.6 is 0 Å². The highest BCUT2D eigenvalue weighted by atomic mass is 16.1. The quantitative estimate of drug-likeness (QED) is 0.591. The van der Waals surface area contributed by atoms with Crippen LogP contribution in [0.5, 0.6) is 0 Å². The Morgan fingerprint density at radius 1 is 0.909 bits per heavy atom. The predicted octanol–water partition coefficient (Wildman–Crippen LogP) is 2.11. The average Bonchev–Trinajstić information content (AvgIpc) is 2.55. The van der Waals surface area contributed by atoms with Crippen LogP contribution in [0.4, 0.5) is 0 Å². The van der Waals surface area contributed by atoms with Crippen LogP contribution in [0.2, 0.25) is 0 Å². The molecule has 3 rings (SSSR count). The maximum absolute atomic E-state index is 12.4. The highest BCUT2D eigenvalue weighted by Gasteiger charge is 2.16. The number of primary amides is 1. The van der Waals surface area contributed by atoms with Gasteiger partial charge in [-0.3, -0.25) is 9.59 Å². The monoisotopic (exact) mass is 291 g/mol. The van der Waals surface area contributed by atoms with Crippen molar-refractivity contribution in [2.24, 2.45) is 5.73 Å². The molecule has 108 valence electrons. The van der Waals surface area contributed by atoms with Gasteiger partial charge in [-0.1, -0.05) is 30.3 Å². The summed E-state index contributed by atoms with van der Waals surface area (Å²) in [4.78, 5) is 23.7. The Morgan fingerprint density at radius 3 is 2.41 bits per heavy atom. The number of carbonyl (C=O) groups is 2. The van der Waals surface area contributed by atoms with E-state index in [-0.39, 0.29) is 12.3 Å². The number of pyridine rings is 1. The standard InChI is InChI=1S/C18H14N2O2/c19-18(22)15-9-8-13-7-4-10-20(16(13)11-15)12-17(21)14-5-2-1-3-6-14/h1-11H,12H2,(H-,19,22)/p+1. The molecule has 1 amide bonds. The number of nitrogens with two attached hydrogens (primary N) is 1. The highest BCUT2D eigenvalue weighted by molar-refractivity contribution is 5.97. The zero-order valence-electron chi connectivity index (χ0n) is 11.9. The molecule has 0 spiro atoms. The molecule has 0 aliphatic heterocycles. The van der Waals surface area contributed by atoms with Gasteiger partial charge in [0.25, 0.3) is 0 Å². The molecule has 0 saturated heterocycles. The zero-order chi connectivity index (χ0) is 15.5. The van der Waals surface area contributed by atoms with Crippen LogP contribution in [0, 0.1) is 0 Å². The van der Waals surface area contributed by atoms with Crippen LogP contribution in [0.3, 0.4) is 0 Å². The van der Waals surface area contributed by atoms with Gasteiger partial charge in [-0.25, -0.2) is 0 Å². The summed E-state index contributed by atoms with van der Waals surface area (Å²) in [5.41, 5.74) is 7.24. The van der Waals surface area contributed by atoms with E-state index in [4.69, 9.17) is 5.73 Å². The molecule has 22 heavy (non-hydrogen) atoms. The van der Waals surface area contributed by atoms with Crippen LogP contribution in [-0.4, -0.2) is 11.7 Å². The topological polar surface area (TPSA) is 64.0 Å². The van der Waals surface area contributed by atoms with Gasteiger partial charge in [0.1, 0.15) is 0 Å². The Labute approximate surface area is 127 Å². The summed E-state index contributed by atoms with van der Waals surface area (Å²) in [6.07, 6.45) is 1.83. The molecule has 4 nitrogen and oxygen atoms in total. The lowest BCUT2D eigenvalue weighted by molar-refractivity contribution is -0.657. The van der Waals surface area contributed by atoms with Crippen molar-refractivity contribution in [2.45, 2.75) is 6.54 Å². The van der Waals surface area contributed by atoms with E-state index >= 15 is 0 Å². The molecule has 2 aromatic carbocycles. The van der Waals surface area contributed by atoms with Crippen molar-refractivity contribution in [2.75, 3.05) is 0 Å². The number of benzene rings is 2. The first kappa shape index (κ1) is 13.9. The van der Waals surface area contributed by atoms with Crippen molar-refractivity contribution < 1.29 is 14.2 Å². The zero-order valence-corrected chi connectivity index (χ0v) is 11.9. The Hall–Kier alpha value is -3.01. The van der Waals surface area contributed by atoms with E-state index in [0.717, 1.165) is 10.9 Å². The minimum atomic E-state index is -0.480. The SMILES string of the molecule is NC(=O)c1ccc2ccc[n+](CC(=O)c3ccccc3)c2c1. The van der Waals surface area contributed by atoms with E-state index in [2.05, 4.69) is 0 Å². The number of amides is 1. The van der Waals surface area contributed by atoms with Gasteiger partial charge in [0, 0.05) is 28.6 Å². The summed E-state index contributed by atoms with van der Waals surface area (Å²) in [5, 5.41) is 0.952. The molecule has 0 fully saturated rings. The molecule has 4 heteroatoms. The lowest BCUT2D eigenvalue weighted by Crippen LogP contribution is -2.38. The number of rotatable bonds is 4. The van der Waals surface area contributed by atoms with Crippen molar-refractivity contribution >= 4 is 22.6 Å². The largest absolute Gasteiger partial charge is 0.366 e. The second kappa shape index (κ2) is 5.77. The Bertz CT molecular complexity index is 857. The average molecular weight is 291 g/mol. The van der Waals surface area contributed by atoms with Crippen molar-refractivity contribution in [1.82, 2.24) is 0 Å². The van der Waals surface area contributed by atoms with Crippen LogP contribution in [0.25, 0.3) is 10.9 Å². The Morgan fingerprint density at radius 2 is 1.68 bits per heavy atom. The van der Waals surface area contributed by atoms with E-state index in [0.29, 0.717) is 11.1 Å². The summed E-state index contributed by atoms with van der Waals surface area (Å²) in [7, 11) is 0. The number of hydrogen-bond acceptors (Lipinski definition) is 2. The fourth-order valence-corrected chi connectivity index (χ4v) is 2.43.